The van der Waals surface area contributed by atoms with Gasteiger partial charge in [-0.1, -0.05) is 0 Å². The van der Waals surface area contributed by atoms with E-state index in [0.717, 1.165) is 26.0 Å². The first-order valence-corrected chi connectivity index (χ1v) is 6.81. The van der Waals surface area contributed by atoms with E-state index in [-0.39, 0.29) is 11.9 Å². The maximum Gasteiger partial charge on any atom is 0.127 e. The fourth-order valence-electron chi connectivity index (χ4n) is 2.45. The van der Waals surface area contributed by atoms with Crippen LogP contribution >= 0.6 is 0 Å². The molecule has 106 valence electrons. The molecule has 0 amide bonds. The Hall–Kier alpha value is -1.13. The summed E-state index contributed by atoms with van der Waals surface area (Å²) in [6.07, 6.45) is 3.77. The fourth-order valence-corrected chi connectivity index (χ4v) is 2.45. The van der Waals surface area contributed by atoms with E-state index in [9.17, 15) is 4.39 Å². The minimum atomic E-state index is -0.183. The zero-order chi connectivity index (χ0) is 13.7. The van der Waals surface area contributed by atoms with E-state index in [0.29, 0.717) is 17.9 Å². The number of halogens is 1. The zero-order valence-electron chi connectivity index (χ0n) is 11.7. The van der Waals surface area contributed by atoms with Crippen LogP contribution in [0.1, 0.15) is 24.8 Å². The molecule has 4 heteroatoms. The zero-order valence-corrected chi connectivity index (χ0v) is 11.7. The standard InChI is InChI=1S/C15H22FNO2/c1-17(11-14-5-3-4-8-19-14)10-12-9-13(18-2)6-7-15(12)16/h6-7,9,14H,3-5,8,10-11H2,1-2H3/t14-/m1/s1. The quantitative estimate of drug-likeness (QED) is 0.819. The molecular formula is C15H22FNO2. The van der Waals surface area contributed by atoms with E-state index in [4.69, 9.17) is 9.47 Å². The Morgan fingerprint density at radius 1 is 1.42 bits per heavy atom. The van der Waals surface area contributed by atoms with Gasteiger partial charge in [0.1, 0.15) is 11.6 Å². The van der Waals surface area contributed by atoms with E-state index in [1.54, 1.807) is 19.2 Å². The molecule has 3 nitrogen and oxygen atoms in total. The molecule has 1 saturated heterocycles. The molecule has 1 aliphatic heterocycles. The van der Waals surface area contributed by atoms with Crippen molar-refractivity contribution >= 4 is 0 Å². The molecule has 1 fully saturated rings. The van der Waals surface area contributed by atoms with E-state index in [1.165, 1.54) is 12.5 Å². The van der Waals surface area contributed by atoms with E-state index >= 15 is 0 Å². The summed E-state index contributed by atoms with van der Waals surface area (Å²) in [6, 6.07) is 4.86. The summed E-state index contributed by atoms with van der Waals surface area (Å²) in [5.41, 5.74) is 0.664. The van der Waals surface area contributed by atoms with Gasteiger partial charge in [-0.05, 0) is 44.5 Å². The second kappa shape index (κ2) is 6.87. The summed E-state index contributed by atoms with van der Waals surface area (Å²) in [5, 5.41) is 0. The van der Waals surface area contributed by atoms with Crippen molar-refractivity contribution in [3.8, 4) is 5.75 Å². The first-order valence-electron chi connectivity index (χ1n) is 6.81. The Balaban J connectivity index is 1.92. The number of benzene rings is 1. The van der Waals surface area contributed by atoms with Gasteiger partial charge in [0.25, 0.3) is 0 Å². The summed E-state index contributed by atoms with van der Waals surface area (Å²) in [6.45, 7) is 2.27. The van der Waals surface area contributed by atoms with E-state index in [2.05, 4.69) is 4.90 Å². The highest BCUT2D eigenvalue weighted by molar-refractivity contribution is 5.29. The molecule has 0 radical (unpaired) electrons. The summed E-state index contributed by atoms with van der Waals surface area (Å²) in [4.78, 5) is 2.10. The van der Waals surface area contributed by atoms with Gasteiger partial charge in [-0.3, -0.25) is 4.90 Å². The smallest absolute Gasteiger partial charge is 0.127 e. The molecule has 1 aliphatic rings. The number of rotatable bonds is 5. The minimum Gasteiger partial charge on any atom is -0.497 e. The molecule has 0 unspecified atom stereocenters. The molecule has 2 rings (SSSR count). The summed E-state index contributed by atoms with van der Waals surface area (Å²) in [5.74, 6) is 0.510. The van der Waals surface area contributed by atoms with Crippen LogP contribution in [0.2, 0.25) is 0 Å². The first-order chi connectivity index (χ1) is 9.19. The molecule has 0 spiro atoms. The average molecular weight is 267 g/mol. The van der Waals surface area contributed by atoms with Gasteiger partial charge in [0.15, 0.2) is 0 Å². The van der Waals surface area contributed by atoms with Crippen molar-refractivity contribution in [2.45, 2.75) is 31.9 Å². The topological polar surface area (TPSA) is 21.7 Å². The maximum absolute atomic E-state index is 13.7. The lowest BCUT2D eigenvalue weighted by molar-refractivity contribution is -0.00272. The predicted octanol–water partition coefficient (Wildman–Crippen LogP) is 2.84. The normalized spacial score (nSPS) is 19.7. The van der Waals surface area contributed by atoms with E-state index in [1.807, 2.05) is 7.05 Å². The molecule has 1 heterocycles. The van der Waals surface area contributed by atoms with Crippen molar-refractivity contribution in [3.63, 3.8) is 0 Å². The summed E-state index contributed by atoms with van der Waals surface area (Å²) >= 11 is 0. The number of ether oxygens (including phenoxy) is 2. The van der Waals surface area contributed by atoms with E-state index < -0.39 is 0 Å². The van der Waals surface area contributed by atoms with Crippen LogP contribution in [0.25, 0.3) is 0 Å². The van der Waals surface area contributed by atoms with Crippen molar-refractivity contribution in [3.05, 3.63) is 29.6 Å². The van der Waals surface area contributed by atoms with Crippen molar-refractivity contribution < 1.29 is 13.9 Å². The van der Waals surface area contributed by atoms with Gasteiger partial charge in [0.05, 0.1) is 13.2 Å². The molecule has 0 aliphatic carbocycles. The lowest BCUT2D eigenvalue weighted by atomic mass is 10.1. The third-order valence-electron chi connectivity index (χ3n) is 3.48. The van der Waals surface area contributed by atoms with Crippen LogP contribution in [0.5, 0.6) is 5.75 Å². The number of hydrogen-bond acceptors (Lipinski definition) is 3. The highest BCUT2D eigenvalue weighted by Crippen LogP contribution is 2.19. The number of methoxy groups -OCH3 is 1. The van der Waals surface area contributed by atoms with Gasteiger partial charge in [-0.25, -0.2) is 4.39 Å². The van der Waals surface area contributed by atoms with Gasteiger partial charge in [0.2, 0.25) is 0 Å². The van der Waals surface area contributed by atoms with Crippen LogP contribution in [0, 0.1) is 5.82 Å². The highest BCUT2D eigenvalue weighted by Gasteiger charge is 2.16. The van der Waals surface area contributed by atoms with Crippen molar-refractivity contribution in [1.82, 2.24) is 4.90 Å². The molecule has 0 bridgehead atoms. The number of nitrogens with zero attached hydrogens (tertiary/aromatic N) is 1. The lowest BCUT2D eigenvalue weighted by Crippen LogP contribution is -2.33. The van der Waals surface area contributed by atoms with Crippen LogP contribution in [0.15, 0.2) is 18.2 Å². The van der Waals surface area contributed by atoms with Gasteiger partial charge in [-0.15, -0.1) is 0 Å². The molecule has 1 aromatic carbocycles. The van der Waals surface area contributed by atoms with Gasteiger partial charge < -0.3 is 9.47 Å². The summed E-state index contributed by atoms with van der Waals surface area (Å²) < 4.78 is 24.6. The Morgan fingerprint density at radius 2 is 2.26 bits per heavy atom. The molecule has 19 heavy (non-hydrogen) atoms. The first kappa shape index (κ1) is 14.3. The van der Waals surface area contributed by atoms with Crippen LogP contribution < -0.4 is 4.74 Å². The average Bonchev–Trinajstić information content (AvgIpc) is 2.42. The highest BCUT2D eigenvalue weighted by atomic mass is 19.1. The van der Waals surface area contributed by atoms with Crippen LogP contribution in [0.3, 0.4) is 0 Å². The molecule has 0 saturated carbocycles. The molecule has 0 N–H and O–H groups in total. The molecule has 0 aromatic heterocycles. The SMILES string of the molecule is COc1ccc(F)c(CN(C)C[C@H]2CCCCO2)c1. The molecule has 1 atom stereocenters. The predicted molar refractivity (Wildman–Crippen MR) is 72.9 cm³/mol. The third kappa shape index (κ3) is 4.18. The van der Waals surface area contributed by atoms with Crippen LogP contribution in [0.4, 0.5) is 4.39 Å². The second-order valence-electron chi connectivity index (χ2n) is 5.14. The number of hydrogen-bond donors (Lipinski definition) is 0. The second-order valence-corrected chi connectivity index (χ2v) is 5.14. The third-order valence-corrected chi connectivity index (χ3v) is 3.48. The van der Waals surface area contributed by atoms with Gasteiger partial charge in [-0.2, -0.15) is 0 Å². The van der Waals surface area contributed by atoms with Crippen LogP contribution in [-0.4, -0.2) is 38.3 Å². The maximum atomic E-state index is 13.7. The Bertz CT molecular complexity index is 405. The molecular weight excluding hydrogens is 245 g/mol. The van der Waals surface area contributed by atoms with Crippen molar-refractivity contribution in [1.29, 1.82) is 0 Å². The minimum absolute atomic E-state index is 0.183. The fraction of sp³-hybridized carbons (Fsp3) is 0.600. The van der Waals surface area contributed by atoms with Crippen molar-refractivity contribution in [2.24, 2.45) is 0 Å². The largest absolute Gasteiger partial charge is 0.497 e. The Morgan fingerprint density at radius 3 is 2.95 bits per heavy atom. The van der Waals surface area contributed by atoms with Gasteiger partial charge >= 0.3 is 0 Å². The van der Waals surface area contributed by atoms with Gasteiger partial charge in [0, 0.05) is 25.3 Å². The Kier molecular flexibility index (Phi) is 5.16. The van der Waals surface area contributed by atoms with Crippen molar-refractivity contribution in [2.75, 3.05) is 27.3 Å². The monoisotopic (exact) mass is 267 g/mol. The lowest BCUT2D eigenvalue weighted by Gasteiger charge is -2.27. The van der Waals surface area contributed by atoms with Crippen LogP contribution in [-0.2, 0) is 11.3 Å². The Labute approximate surface area is 114 Å². The number of likely N-dealkylation sites (N-methyl/N-ethyl adjacent to an activating group) is 1. The summed E-state index contributed by atoms with van der Waals surface area (Å²) in [7, 11) is 3.59. The molecule has 1 aromatic rings.